The number of nitrogens with two attached hydrogens (primary N) is 2. The topological polar surface area (TPSA) is 138 Å². The maximum atomic E-state index is 13.8. The quantitative estimate of drug-likeness (QED) is 0.103. The van der Waals surface area contributed by atoms with Gasteiger partial charge in [0.15, 0.2) is 5.84 Å². The number of hydrogen-bond donors (Lipinski definition) is 4. The molecule has 2 aliphatic rings. The number of nitrogens with zero attached hydrogens (tertiary/aromatic N) is 5. The van der Waals surface area contributed by atoms with E-state index in [1.807, 2.05) is 11.8 Å². The van der Waals surface area contributed by atoms with E-state index < -0.39 is 29.9 Å². The van der Waals surface area contributed by atoms with Crippen molar-refractivity contribution in [2.24, 2.45) is 22.1 Å². The van der Waals surface area contributed by atoms with Crippen LogP contribution in [0.15, 0.2) is 47.8 Å². The number of benzene rings is 1. The van der Waals surface area contributed by atoms with Crippen LogP contribution in [0.4, 0.5) is 28.9 Å². The molecule has 2 aromatic heterocycles. The Labute approximate surface area is 227 Å². The van der Waals surface area contributed by atoms with Crippen molar-refractivity contribution in [2.75, 3.05) is 29.9 Å². The molecule has 0 unspecified atom stereocenters. The third-order valence-corrected chi connectivity index (χ3v) is 7.43. The minimum atomic E-state index is -2.87. The number of carbonyl (C=O) groups excluding carboxylic acids is 1. The zero-order valence-electron chi connectivity index (χ0n) is 21.7. The summed E-state index contributed by atoms with van der Waals surface area (Å²) < 4.78 is 55.2. The molecule has 0 bridgehead atoms. The molecule has 1 saturated carbocycles. The van der Waals surface area contributed by atoms with Crippen LogP contribution in [0, 0.1) is 5.41 Å². The molecule has 2 fully saturated rings. The lowest BCUT2D eigenvalue weighted by atomic mass is 9.55. The number of alkyl halides is 4. The van der Waals surface area contributed by atoms with Crippen molar-refractivity contribution in [3.05, 3.63) is 59.5 Å². The van der Waals surface area contributed by atoms with Gasteiger partial charge < -0.3 is 21.1 Å². The van der Waals surface area contributed by atoms with Crippen LogP contribution in [0.5, 0.6) is 0 Å². The van der Waals surface area contributed by atoms with Crippen LogP contribution < -0.4 is 21.8 Å². The fourth-order valence-electron chi connectivity index (χ4n) is 5.57. The van der Waals surface area contributed by atoms with Crippen molar-refractivity contribution in [3.63, 3.8) is 0 Å². The zero-order valence-corrected chi connectivity index (χ0v) is 21.7. The van der Waals surface area contributed by atoms with Gasteiger partial charge >= 0.3 is 0 Å². The minimum absolute atomic E-state index is 0.00233. The molecule has 1 aliphatic heterocycles. The number of amides is 1. The number of rotatable bonds is 9. The molecule has 1 spiro atoms. The molecule has 0 radical (unpaired) electrons. The summed E-state index contributed by atoms with van der Waals surface area (Å²) in [6.07, 6.45) is -1.83. The predicted octanol–water partition coefficient (Wildman–Crippen LogP) is 3.33. The highest BCUT2D eigenvalue weighted by Gasteiger charge is 2.63. The van der Waals surface area contributed by atoms with Gasteiger partial charge in [0.25, 0.3) is 18.8 Å². The predicted molar refractivity (Wildman–Crippen MR) is 141 cm³/mol. The number of fused-ring (bicyclic) bond motifs is 1. The Bertz CT molecular complexity index is 1450. The summed E-state index contributed by atoms with van der Waals surface area (Å²) in [6, 6.07) is 7.35. The van der Waals surface area contributed by atoms with Gasteiger partial charge in [-0.2, -0.15) is 0 Å². The number of hydrazone groups is 1. The van der Waals surface area contributed by atoms with E-state index in [0.29, 0.717) is 30.8 Å². The number of pyridine rings is 1. The molecule has 0 atom stereocenters. The average molecular weight is 563 g/mol. The second-order valence-corrected chi connectivity index (χ2v) is 10.6. The van der Waals surface area contributed by atoms with Gasteiger partial charge in [-0.15, -0.1) is 5.10 Å². The van der Waals surface area contributed by atoms with Crippen LogP contribution in [0.1, 0.15) is 54.2 Å². The summed E-state index contributed by atoms with van der Waals surface area (Å²) in [5.74, 6) is 5.08. The lowest BCUT2D eigenvalue weighted by Crippen LogP contribution is -2.70. The van der Waals surface area contributed by atoms with Crippen molar-refractivity contribution < 1.29 is 27.5 Å². The zero-order chi connectivity index (χ0) is 28.8. The van der Waals surface area contributed by atoms with Crippen LogP contribution >= 0.6 is 0 Å². The van der Waals surface area contributed by atoms with Crippen molar-refractivity contribution in [2.45, 2.75) is 44.6 Å². The van der Waals surface area contributed by atoms with Crippen LogP contribution in [0.3, 0.4) is 0 Å². The Morgan fingerprint density at radius 3 is 2.60 bits per heavy atom. The lowest BCUT2D eigenvalue weighted by molar-refractivity contribution is -0.209. The van der Waals surface area contributed by atoms with E-state index in [1.54, 1.807) is 18.3 Å². The van der Waals surface area contributed by atoms with Crippen LogP contribution in [0.25, 0.3) is 5.65 Å². The van der Waals surface area contributed by atoms with Crippen LogP contribution in [-0.4, -0.2) is 63.0 Å². The Morgan fingerprint density at radius 1 is 1.23 bits per heavy atom. The summed E-state index contributed by atoms with van der Waals surface area (Å²) in [5, 5.41) is 17.7. The maximum absolute atomic E-state index is 13.8. The van der Waals surface area contributed by atoms with Crippen molar-refractivity contribution in [1.29, 1.82) is 0 Å². The van der Waals surface area contributed by atoms with E-state index in [2.05, 4.69) is 15.4 Å². The van der Waals surface area contributed by atoms with Gasteiger partial charge in [0.1, 0.15) is 16.9 Å². The Balaban J connectivity index is 1.35. The van der Waals surface area contributed by atoms with Gasteiger partial charge in [-0.05, 0) is 37.5 Å². The van der Waals surface area contributed by atoms with Gasteiger partial charge in [-0.25, -0.2) is 33.5 Å². The van der Waals surface area contributed by atoms with Crippen LogP contribution in [0.2, 0.25) is 0 Å². The van der Waals surface area contributed by atoms with Gasteiger partial charge in [-0.1, -0.05) is 19.1 Å². The van der Waals surface area contributed by atoms with Crippen molar-refractivity contribution in [1.82, 2.24) is 14.5 Å². The first-order valence-electron chi connectivity index (χ1n) is 12.8. The molecule has 40 heavy (non-hydrogen) atoms. The van der Waals surface area contributed by atoms with E-state index in [0.717, 1.165) is 17.2 Å². The Morgan fingerprint density at radius 2 is 1.95 bits per heavy atom. The molecule has 3 aromatic rings. The largest absolute Gasteiger partial charge is 0.384 e. The highest BCUT2D eigenvalue weighted by atomic mass is 19.3. The molecule has 1 saturated heterocycles. The molecule has 1 aromatic carbocycles. The summed E-state index contributed by atoms with van der Waals surface area (Å²) >= 11 is 0. The second-order valence-electron chi connectivity index (χ2n) is 10.6. The number of amidine groups is 1. The molecule has 1 aliphatic carbocycles. The fourth-order valence-corrected chi connectivity index (χ4v) is 5.57. The number of aliphatic hydroxyl groups is 1. The Hall–Kier alpha value is -3.91. The number of anilines is 2. The fraction of sp³-hybridized carbons (Fsp3) is 0.423. The Kier molecular flexibility index (Phi) is 7.08. The first-order chi connectivity index (χ1) is 18.9. The molecule has 214 valence electrons. The number of nitrogens with one attached hydrogen (secondary N) is 1. The number of hydrogen-bond acceptors (Lipinski definition) is 7. The number of hydrazine groups is 1. The molecule has 1 amide bonds. The number of imidazole rings is 1. The highest BCUT2D eigenvalue weighted by Crippen LogP contribution is 2.56. The van der Waals surface area contributed by atoms with E-state index in [4.69, 9.17) is 11.6 Å². The van der Waals surface area contributed by atoms with E-state index >= 15 is 0 Å². The molecule has 14 heteroatoms. The second kappa shape index (κ2) is 10.2. The van der Waals surface area contributed by atoms with Crippen molar-refractivity contribution in [3.8, 4) is 0 Å². The first kappa shape index (κ1) is 27.6. The van der Waals surface area contributed by atoms with Crippen LogP contribution in [-0.2, 0) is 0 Å². The summed E-state index contributed by atoms with van der Waals surface area (Å²) in [7, 11) is 0. The summed E-state index contributed by atoms with van der Waals surface area (Å²) in [6.45, 7) is 3.34. The molecule has 10 nitrogen and oxygen atoms in total. The number of carbonyl (C=O) groups is 1. The third-order valence-electron chi connectivity index (χ3n) is 7.43. The number of halogens is 4. The monoisotopic (exact) mass is 562 g/mol. The molecule has 6 N–H and O–H groups in total. The van der Waals surface area contributed by atoms with E-state index in [1.165, 1.54) is 28.8 Å². The summed E-state index contributed by atoms with van der Waals surface area (Å²) in [4.78, 5) is 19.4. The first-order valence-corrected chi connectivity index (χ1v) is 12.8. The average Bonchev–Trinajstić information content (AvgIpc) is 3.28. The SMILES string of the molecule is CCCN(N)/N=C(\N)c1ccc(C(F)F)c(NC(=O)c2cnc3ccc(N4CC5(C4)CC(O)(C(F)F)C5)cn23)c1. The molecular weight excluding hydrogens is 532 g/mol. The van der Waals surface area contributed by atoms with E-state index in [9.17, 15) is 27.5 Å². The highest BCUT2D eigenvalue weighted by molar-refractivity contribution is 6.05. The van der Waals surface area contributed by atoms with E-state index in [-0.39, 0.29) is 35.5 Å². The van der Waals surface area contributed by atoms with Gasteiger partial charge in [-0.3, -0.25) is 9.20 Å². The minimum Gasteiger partial charge on any atom is -0.384 e. The normalized spacial score (nSPS) is 17.8. The molecular formula is C26H30F4N8O2. The molecule has 3 heterocycles. The lowest BCUT2D eigenvalue weighted by Gasteiger charge is -2.62. The van der Waals surface area contributed by atoms with Gasteiger partial charge in [0.2, 0.25) is 0 Å². The van der Waals surface area contributed by atoms with Gasteiger partial charge in [0.05, 0.1) is 24.1 Å². The third kappa shape index (κ3) is 5.04. The van der Waals surface area contributed by atoms with Crippen molar-refractivity contribution >= 4 is 28.8 Å². The van der Waals surface area contributed by atoms with Gasteiger partial charge in [0, 0.05) is 35.8 Å². The number of aromatic nitrogens is 2. The summed E-state index contributed by atoms with van der Waals surface area (Å²) in [5.41, 5.74) is 4.79. The standard InChI is InChI=1S/C26H30F4N8O2/c1-2-7-38(32)35-22(31)15-3-5-17(21(27)28)18(8-15)34-23(39)19-9-33-20-6-4-16(10-37(19)20)36-13-25(14-36)11-26(40,12-25)24(29)30/h3-6,8-10,21,24,40H,2,7,11-14,32H2,1H3,(H2,31,35)(H,34,39). The smallest absolute Gasteiger partial charge is 0.274 e. The maximum Gasteiger partial charge on any atom is 0.274 e. The molecule has 5 rings (SSSR count).